The molecule has 94 valence electrons. The van der Waals surface area contributed by atoms with Crippen LogP contribution in [0, 0.1) is 12.7 Å². The molecule has 3 N–H and O–H groups in total. The highest BCUT2D eigenvalue weighted by Crippen LogP contribution is 2.23. The van der Waals surface area contributed by atoms with E-state index in [1.807, 2.05) is 0 Å². The van der Waals surface area contributed by atoms with Gasteiger partial charge in [0.05, 0.1) is 11.4 Å². The van der Waals surface area contributed by atoms with E-state index >= 15 is 0 Å². The second-order valence-corrected chi connectivity index (χ2v) is 4.85. The molecule has 0 bridgehead atoms. The second-order valence-electron chi connectivity index (χ2n) is 4.85. The van der Waals surface area contributed by atoms with Gasteiger partial charge in [0.2, 0.25) is 0 Å². The molecule has 1 aliphatic heterocycles. The average Bonchev–Trinajstić information content (AvgIpc) is 2.68. The van der Waals surface area contributed by atoms with Crippen molar-refractivity contribution in [1.29, 1.82) is 0 Å². The molecule has 2 rings (SSSR count). The zero-order valence-corrected chi connectivity index (χ0v) is 10.5. The van der Waals surface area contributed by atoms with Crippen LogP contribution in [0.15, 0.2) is 12.1 Å². The van der Waals surface area contributed by atoms with Gasteiger partial charge in [0.15, 0.2) is 0 Å². The van der Waals surface area contributed by atoms with Crippen LogP contribution >= 0.6 is 0 Å². The van der Waals surface area contributed by atoms with Gasteiger partial charge in [0.1, 0.15) is 5.82 Å². The van der Waals surface area contributed by atoms with E-state index in [9.17, 15) is 4.39 Å². The Labute approximate surface area is 102 Å². The molecule has 3 nitrogen and oxygen atoms in total. The molecule has 1 aliphatic rings. The van der Waals surface area contributed by atoms with Gasteiger partial charge in [-0.25, -0.2) is 4.39 Å². The summed E-state index contributed by atoms with van der Waals surface area (Å²) in [7, 11) is 2.14. The number of aryl methyl sites for hydroxylation is 1. The Morgan fingerprint density at radius 1 is 1.53 bits per heavy atom. The fourth-order valence-electron chi connectivity index (χ4n) is 2.31. The van der Waals surface area contributed by atoms with E-state index < -0.39 is 0 Å². The normalized spacial score (nSPS) is 20.8. The number of rotatable bonds is 3. The lowest BCUT2D eigenvalue weighted by atomic mass is 10.1. The van der Waals surface area contributed by atoms with Crippen molar-refractivity contribution >= 4 is 11.4 Å². The fraction of sp³-hybridized carbons (Fsp3) is 0.538. The molecule has 0 saturated carbocycles. The van der Waals surface area contributed by atoms with Gasteiger partial charge in [0.25, 0.3) is 0 Å². The number of nitrogens with zero attached hydrogens (tertiary/aromatic N) is 1. The van der Waals surface area contributed by atoms with Crippen LogP contribution in [0.25, 0.3) is 0 Å². The molecule has 0 amide bonds. The number of anilines is 2. The van der Waals surface area contributed by atoms with Crippen LogP contribution in [0.5, 0.6) is 0 Å². The molecule has 1 unspecified atom stereocenters. The van der Waals surface area contributed by atoms with Crippen molar-refractivity contribution in [2.24, 2.45) is 0 Å². The summed E-state index contributed by atoms with van der Waals surface area (Å²) in [6.45, 7) is 3.78. The van der Waals surface area contributed by atoms with Gasteiger partial charge in [-0.1, -0.05) is 0 Å². The molecule has 0 radical (unpaired) electrons. The Hall–Kier alpha value is -1.29. The molecule has 0 aliphatic carbocycles. The predicted molar refractivity (Wildman–Crippen MR) is 69.7 cm³/mol. The summed E-state index contributed by atoms with van der Waals surface area (Å²) >= 11 is 0. The highest BCUT2D eigenvalue weighted by molar-refractivity contribution is 5.67. The number of likely N-dealkylation sites (tertiary alicyclic amines) is 1. The Morgan fingerprint density at radius 2 is 2.29 bits per heavy atom. The fourth-order valence-corrected chi connectivity index (χ4v) is 2.31. The first kappa shape index (κ1) is 12.2. The quantitative estimate of drug-likeness (QED) is 0.792. The third-order valence-electron chi connectivity index (χ3n) is 3.53. The maximum atomic E-state index is 13.2. The Bertz CT molecular complexity index is 406. The molecule has 1 saturated heterocycles. The molecular formula is C13H20FN3. The molecule has 1 fully saturated rings. The summed E-state index contributed by atoms with van der Waals surface area (Å²) < 4.78 is 13.2. The largest absolute Gasteiger partial charge is 0.397 e. The van der Waals surface area contributed by atoms with Crippen molar-refractivity contribution in [3.8, 4) is 0 Å². The van der Waals surface area contributed by atoms with Gasteiger partial charge in [-0.15, -0.1) is 0 Å². The van der Waals surface area contributed by atoms with E-state index in [2.05, 4.69) is 17.3 Å². The van der Waals surface area contributed by atoms with E-state index in [1.165, 1.54) is 18.9 Å². The van der Waals surface area contributed by atoms with Crippen LogP contribution in [0.4, 0.5) is 15.8 Å². The molecule has 1 atom stereocenters. The van der Waals surface area contributed by atoms with E-state index in [0.29, 0.717) is 17.3 Å². The molecule has 4 heteroatoms. The van der Waals surface area contributed by atoms with Gasteiger partial charge in [-0.3, -0.25) is 0 Å². The van der Waals surface area contributed by atoms with Crippen LogP contribution in [0.2, 0.25) is 0 Å². The Morgan fingerprint density at radius 3 is 2.94 bits per heavy atom. The van der Waals surface area contributed by atoms with Gasteiger partial charge in [-0.2, -0.15) is 0 Å². The smallest absolute Gasteiger partial charge is 0.128 e. The van der Waals surface area contributed by atoms with Gasteiger partial charge in [-0.05, 0) is 51.1 Å². The van der Waals surface area contributed by atoms with Gasteiger partial charge in [0, 0.05) is 12.6 Å². The number of hydrogen-bond donors (Lipinski definition) is 2. The second kappa shape index (κ2) is 4.92. The first-order valence-electron chi connectivity index (χ1n) is 6.07. The SMILES string of the molecule is Cc1cc(NCC2CCCN2C)c(N)cc1F. The third-order valence-corrected chi connectivity index (χ3v) is 3.53. The molecule has 1 aromatic carbocycles. The van der Waals surface area contributed by atoms with Crippen molar-refractivity contribution < 1.29 is 4.39 Å². The average molecular weight is 237 g/mol. The third kappa shape index (κ3) is 2.69. The minimum Gasteiger partial charge on any atom is -0.397 e. The molecule has 0 aromatic heterocycles. The van der Waals surface area contributed by atoms with Crippen LogP contribution in [0.1, 0.15) is 18.4 Å². The number of benzene rings is 1. The minimum absolute atomic E-state index is 0.244. The summed E-state index contributed by atoms with van der Waals surface area (Å²) in [6.07, 6.45) is 2.46. The van der Waals surface area contributed by atoms with E-state index in [1.54, 1.807) is 13.0 Å². The summed E-state index contributed by atoms with van der Waals surface area (Å²) in [5.74, 6) is -0.244. The van der Waals surface area contributed by atoms with Gasteiger partial charge >= 0.3 is 0 Å². The number of likely N-dealkylation sites (N-methyl/N-ethyl adjacent to an activating group) is 1. The highest BCUT2D eigenvalue weighted by Gasteiger charge is 2.20. The van der Waals surface area contributed by atoms with Crippen molar-refractivity contribution in [1.82, 2.24) is 4.90 Å². The van der Waals surface area contributed by atoms with Crippen molar-refractivity contribution in [2.75, 3.05) is 31.2 Å². The lowest BCUT2D eigenvalue weighted by Crippen LogP contribution is -2.31. The zero-order chi connectivity index (χ0) is 12.4. The van der Waals surface area contributed by atoms with Crippen LogP contribution in [-0.2, 0) is 0 Å². The topological polar surface area (TPSA) is 41.3 Å². The standard InChI is InChI=1S/C13H20FN3/c1-9-6-13(12(15)7-11(9)14)16-8-10-4-3-5-17(10)2/h6-7,10,16H,3-5,8,15H2,1-2H3. The van der Waals surface area contributed by atoms with Crippen molar-refractivity contribution in [3.63, 3.8) is 0 Å². The first-order valence-corrected chi connectivity index (χ1v) is 6.07. The van der Waals surface area contributed by atoms with E-state index in [0.717, 1.165) is 18.8 Å². The number of halogens is 1. The molecule has 0 spiro atoms. The number of nitrogens with two attached hydrogens (primary N) is 1. The van der Waals surface area contributed by atoms with E-state index in [-0.39, 0.29) is 5.82 Å². The first-order chi connectivity index (χ1) is 8.08. The maximum absolute atomic E-state index is 13.2. The van der Waals surface area contributed by atoms with Crippen molar-refractivity contribution in [3.05, 3.63) is 23.5 Å². The highest BCUT2D eigenvalue weighted by atomic mass is 19.1. The lowest BCUT2D eigenvalue weighted by Gasteiger charge is -2.21. The van der Waals surface area contributed by atoms with Crippen molar-refractivity contribution in [2.45, 2.75) is 25.8 Å². The molecule has 1 heterocycles. The minimum atomic E-state index is -0.244. The Kier molecular flexibility index (Phi) is 3.52. The van der Waals surface area contributed by atoms with Crippen LogP contribution in [0.3, 0.4) is 0 Å². The number of nitrogen functional groups attached to an aromatic ring is 1. The van der Waals surface area contributed by atoms with E-state index in [4.69, 9.17) is 5.73 Å². The molecule has 1 aromatic rings. The monoisotopic (exact) mass is 237 g/mol. The Balaban J connectivity index is 2.01. The summed E-state index contributed by atoms with van der Waals surface area (Å²) in [6, 6.07) is 3.72. The summed E-state index contributed by atoms with van der Waals surface area (Å²) in [5.41, 5.74) is 7.74. The lowest BCUT2D eigenvalue weighted by molar-refractivity contribution is 0.322. The number of nitrogens with one attached hydrogen (secondary N) is 1. The molecule has 17 heavy (non-hydrogen) atoms. The predicted octanol–water partition coefficient (Wildman–Crippen LogP) is 2.22. The number of hydrogen-bond acceptors (Lipinski definition) is 3. The summed E-state index contributed by atoms with van der Waals surface area (Å²) in [4.78, 5) is 2.35. The zero-order valence-electron chi connectivity index (χ0n) is 10.5. The molecular weight excluding hydrogens is 217 g/mol. The van der Waals surface area contributed by atoms with Gasteiger partial charge < -0.3 is 16.0 Å². The van der Waals surface area contributed by atoms with Crippen LogP contribution < -0.4 is 11.1 Å². The van der Waals surface area contributed by atoms with Crippen LogP contribution in [-0.4, -0.2) is 31.1 Å². The maximum Gasteiger partial charge on any atom is 0.128 e. The summed E-state index contributed by atoms with van der Waals surface area (Å²) in [5, 5.41) is 3.32.